The molecule has 0 aromatic carbocycles. The minimum absolute atomic E-state index is 0.0614. The topological polar surface area (TPSA) is 80.3 Å². The van der Waals surface area contributed by atoms with Gasteiger partial charge in [-0.1, -0.05) is 0 Å². The number of ether oxygens (including phenoxy) is 1. The number of amides is 2. The molecule has 2 N–H and O–H groups in total. The number of aromatic nitrogens is 1. The first kappa shape index (κ1) is 14.5. The summed E-state index contributed by atoms with van der Waals surface area (Å²) in [6, 6.07) is 3.70. The fraction of sp³-hybridized carbons (Fsp3) is 0.500. The van der Waals surface area contributed by atoms with Crippen LogP contribution in [0.4, 0.5) is 0 Å². The monoisotopic (exact) mass is 277 g/mol. The van der Waals surface area contributed by atoms with Crippen LogP contribution in [0.5, 0.6) is 0 Å². The Hall–Kier alpha value is -1.95. The van der Waals surface area contributed by atoms with Crippen molar-refractivity contribution >= 4 is 11.8 Å². The zero-order valence-electron chi connectivity index (χ0n) is 11.5. The number of carbonyl (C=O) groups is 2. The van der Waals surface area contributed by atoms with Gasteiger partial charge in [0.25, 0.3) is 0 Å². The van der Waals surface area contributed by atoms with E-state index in [0.717, 1.165) is 5.56 Å². The Morgan fingerprint density at radius 3 is 2.55 bits per heavy atom. The van der Waals surface area contributed by atoms with Gasteiger partial charge >= 0.3 is 0 Å². The molecule has 1 heterocycles. The Morgan fingerprint density at radius 2 is 1.90 bits per heavy atom. The van der Waals surface area contributed by atoms with Crippen LogP contribution in [0.25, 0.3) is 0 Å². The third-order valence-corrected chi connectivity index (χ3v) is 3.29. The molecule has 2 amide bonds. The molecule has 0 saturated heterocycles. The van der Waals surface area contributed by atoms with Gasteiger partial charge in [0, 0.05) is 32.6 Å². The van der Waals surface area contributed by atoms with Gasteiger partial charge in [0.1, 0.15) is 0 Å². The normalized spacial score (nSPS) is 20.2. The summed E-state index contributed by atoms with van der Waals surface area (Å²) >= 11 is 0. The second-order valence-electron chi connectivity index (χ2n) is 4.81. The maximum atomic E-state index is 11.9. The number of nitrogens with zero attached hydrogens (tertiary/aromatic N) is 1. The lowest BCUT2D eigenvalue weighted by atomic mass is 10.2. The fourth-order valence-electron chi connectivity index (χ4n) is 2.00. The average molecular weight is 277 g/mol. The Bertz CT molecular complexity index is 464. The molecule has 6 heteroatoms. The number of carbonyl (C=O) groups excluding carboxylic acids is 2. The van der Waals surface area contributed by atoms with Crippen molar-refractivity contribution in [2.45, 2.75) is 13.0 Å². The third kappa shape index (κ3) is 4.03. The van der Waals surface area contributed by atoms with Crippen LogP contribution in [0.2, 0.25) is 0 Å². The number of rotatable bonds is 7. The summed E-state index contributed by atoms with van der Waals surface area (Å²) in [5.74, 6) is -0.511. The lowest BCUT2D eigenvalue weighted by molar-refractivity contribution is -0.127. The van der Waals surface area contributed by atoms with E-state index in [1.165, 1.54) is 0 Å². The maximum absolute atomic E-state index is 11.9. The standard InChI is InChI=1S/C14H19N3O3/c1-20-7-6-16-13(18)11-8-12(11)14(19)17-9-10-2-4-15-5-3-10/h2-5,11-12H,6-9H2,1H3,(H,16,18)(H,17,19). The van der Waals surface area contributed by atoms with Gasteiger partial charge in [0.05, 0.1) is 18.4 Å². The molecule has 0 spiro atoms. The molecule has 0 aliphatic heterocycles. The van der Waals surface area contributed by atoms with Crippen molar-refractivity contribution in [2.75, 3.05) is 20.3 Å². The highest BCUT2D eigenvalue weighted by Crippen LogP contribution is 2.38. The van der Waals surface area contributed by atoms with E-state index in [4.69, 9.17) is 4.74 Å². The summed E-state index contributed by atoms with van der Waals surface area (Å²) in [6.45, 7) is 1.43. The van der Waals surface area contributed by atoms with Gasteiger partial charge in [-0.2, -0.15) is 0 Å². The van der Waals surface area contributed by atoms with Crippen LogP contribution < -0.4 is 10.6 Å². The van der Waals surface area contributed by atoms with Crippen LogP contribution in [0.1, 0.15) is 12.0 Å². The van der Waals surface area contributed by atoms with Crippen molar-refractivity contribution < 1.29 is 14.3 Å². The molecule has 1 saturated carbocycles. The predicted molar refractivity (Wildman–Crippen MR) is 72.6 cm³/mol. The molecule has 1 fully saturated rings. The van der Waals surface area contributed by atoms with Crippen molar-refractivity contribution in [1.82, 2.24) is 15.6 Å². The first-order chi connectivity index (χ1) is 9.72. The second-order valence-corrected chi connectivity index (χ2v) is 4.81. The van der Waals surface area contributed by atoms with Crippen LogP contribution in [0, 0.1) is 11.8 Å². The number of hydrogen-bond acceptors (Lipinski definition) is 4. The molecule has 108 valence electrons. The quantitative estimate of drug-likeness (QED) is 0.693. The summed E-state index contributed by atoms with van der Waals surface area (Å²) in [5.41, 5.74) is 0.995. The first-order valence-corrected chi connectivity index (χ1v) is 6.65. The third-order valence-electron chi connectivity index (χ3n) is 3.29. The second kappa shape index (κ2) is 7.00. The van der Waals surface area contributed by atoms with Crippen LogP contribution in [0.15, 0.2) is 24.5 Å². The molecule has 0 bridgehead atoms. The lowest BCUT2D eigenvalue weighted by Crippen LogP contribution is -2.31. The van der Waals surface area contributed by atoms with Gasteiger partial charge in [0.2, 0.25) is 11.8 Å². The Balaban J connectivity index is 1.69. The highest BCUT2D eigenvalue weighted by Gasteiger charge is 2.47. The van der Waals surface area contributed by atoms with Gasteiger partial charge in [-0.15, -0.1) is 0 Å². The average Bonchev–Trinajstić information content (AvgIpc) is 3.26. The van der Waals surface area contributed by atoms with Gasteiger partial charge in [-0.05, 0) is 24.1 Å². The van der Waals surface area contributed by atoms with Crippen LogP contribution >= 0.6 is 0 Å². The van der Waals surface area contributed by atoms with E-state index >= 15 is 0 Å². The Kier molecular flexibility index (Phi) is 5.06. The lowest BCUT2D eigenvalue weighted by Gasteiger charge is -2.05. The molecule has 2 rings (SSSR count). The van der Waals surface area contributed by atoms with E-state index < -0.39 is 0 Å². The zero-order valence-corrected chi connectivity index (χ0v) is 11.5. The number of nitrogens with one attached hydrogen (secondary N) is 2. The van der Waals surface area contributed by atoms with Crippen molar-refractivity contribution in [3.8, 4) is 0 Å². The van der Waals surface area contributed by atoms with Crippen molar-refractivity contribution in [3.63, 3.8) is 0 Å². The molecule has 1 aliphatic rings. The summed E-state index contributed by atoms with van der Waals surface area (Å²) in [5, 5.41) is 5.59. The van der Waals surface area contributed by atoms with Gasteiger partial charge in [0.15, 0.2) is 0 Å². The molecular weight excluding hydrogens is 258 g/mol. The molecule has 1 aromatic heterocycles. The van der Waals surface area contributed by atoms with Gasteiger partial charge in [-0.25, -0.2) is 0 Å². The summed E-state index contributed by atoms with van der Waals surface area (Å²) < 4.78 is 4.86. The van der Waals surface area contributed by atoms with E-state index in [2.05, 4.69) is 15.6 Å². The van der Waals surface area contributed by atoms with E-state index in [1.807, 2.05) is 12.1 Å². The molecule has 20 heavy (non-hydrogen) atoms. The number of methoxy groups -OCH3 is 1. The minimum Gasteiger partial charge on any atom is -0.383 e. The summed E-state index contributed by atoms with van der Waals surface area (Å²) in [7, 11) is 1.58. The molecule has 1 aromatic rings. The zero-order chi connectivity index (χ0) is 14.4. The molecule has 1 aliphatic carbocycles. The van der Waals surface area contributed by atoms with E-state index in [1.54, 1.807) is 19.5 Å². The molecule has 6 nitrogen and oxygen atoms in total. The molecule has 2 unspecified atom stereocenters. The summed E-state index contributed by atoms with van der Waals surface area (Å²) in [4.78, 5) is 27.5. The fourth-order valence-corrected chi connectivity index (χ4v) is 2.00. The Labute approximate surface area is 117 Å². The highest BCUT2D eigenvalue weighted by atomic mass is 16.5. The number of hydrogen-bond donors (Lipinski definition) is 2. The largest absolute Gasteiger partial charge is 0.383 e. The Morgan fingerprint density at radius 1 is 1.25 bits per heavy atom. The SMILES string of the molecule is COCCNC(=O)C1CC1C(=O)NCc1ccncc1. The number of pyridine rings is 1. The van der Waals surface area contributed by atoms with E-state index in [-0.39, 0.29) is 23.7 Å². The molecule has 2 atom stereocenters. The molecule has 0 radical (unpaired) electrons. The van der Waals surface area contributed by atoms with Crippen molar-refractivity contribution in [3.05, 3.63) is 30.1 Å². The van der Waals surface area contributed by atoms with E-state index in [0.29, 0.717) is 26.1 Å². The van der Waals surface area contributed by atoms with Crippen LogP contribution in [-0.2, 0) is 20.9 Å². The first-order valence-electron chi connectivity index (χ1n) is 6.65. The van der Waals surface area contributed by atoms with Crippen molar-refractivity contribution in [2.24, 2.45) is 11.8 Å². The maximum Gasteiger partial charge on any atom is 0.224 e. The summed E-state index contributed by atoms with van der Waals surface area (Å²) in [6.07, 6.45) is 4.00. The van der Waals surface area contributed by atoms with Crippen LogP contribution in [0.3, 0.4) is 0 Å². The highest BCUT2D eigenvalue weighted by molar-refractivity contribution is 5.92. The van der Waals surface area contributed by atoms with Gasteiger partial charge < -0.3 is 15.4 Å². The minimum atomic E-state index is -0.195. The molecular formula is C14H19N3O3. The van der Waals surface area contributed by atoms with E-state index in [9.17, 15) is 9.59 Å². The van der Waals surface area contributed by atoms with Crippen molar-refractivity contribution in [1.29, 1.82) is 0 Å². The van der Waals surface area contributed by atoms with Crippen LogP contribution in [-0.4, -0.2) is 37.1 Å². The van der Waals surface area contributed by atoms with Gasteiger partial charge in [-0.3, -0.25) is 14.6 Å². The smallest absolute Gasteiger partial charge is 0.224 e. The predicted octanol–water partition coefficient (Wildman–Crippen LogP) is 0.0965.